The fraction of sp³-hybridized carbons (Fsp3) is 0.667. The summed E-state index contributed by atoms with van der Waals surface area (Å²) in [6.07, 6.45) is 4.03. The Morgan fingerprint density at radius 2 is 2.20 bits per heavy atom. The van der Waals surface area contributed by atoms with Gasteiger partial charge in [0, 0.05) is 13.1 Å². The fourth-order valence-corrected chi connectivity index (χ4v) is 3.10. The van der Waals surface area contributed by atoms with Crippen LogP contribution in [0.15, 0.2) is 6.07 Å². The van der Waals surface area contributed by atoms with Crippen molar-refractivity contribution >= 4 is 5.91 Å². The standard InChI is InChI=1S/C15H24N4O/c1-4-13-12(8-10(2)17-18-13)15(20)19(3)14-7-5-6-11(14)9-16/h8,11,14H,4-7,9,16H2,1-3H3. The Balaban J connectivity index is 2.24. The van der Waals surface area contributed by atoms with Crippen LogP contribution in [0.4, 0.5) is 0 Å². The highest BCUT2D eigenvalue weighted by Gasteiger charge is 2.32. The van der Waals surface area contributed by atoms with E-state index >= 15 is 0 Å². The summed E-state index contributed by atoms with van der Waals surface area (Å²) in [4.78, 5) is 14.6. The molecule has 1 aliphatic carbocycles. The second kappa shape index (κ2) is 6.31. The van der Waals surface area contributed by atoms with Crippen molar-refractivity contribution in [3.8, 4) is 0 Å². The van der Waals surface area contributed by atoms with E-state index in [1.807, 2.05) is 31.9 Å². The smallest absolute Gasteiger partial charge is 0.255 e. The molecule has 1 aliphatic rings. The third-order valence-electron chi connectivity index (χ3n) is 4.30. The first-order chi connectivity index (χ1) is 9.58. The van der Waals surface area contributed by atoms with E-state index < -0.39 is 0 Å². The zero-order valence-electron chi connectivity index (χ0n) is 12.6. The van der Waals surface area contributed by atoms with Gasteiger partial charge in [-0.2, -0.15) is 10.2 Å². The van der Waals surface area contributed by atoms with Gasteiger partial charge in [-0.1, -0.05) is 13.3 Å². The number of amides is 1. The Hall–Kier alpha value is -1.49. The maximum Gasteiger partial charge on any atom is 0.255 e. The minimum absolute atomic E-state index is 0.0465. The molecule has 5 nitrogen and oxygen atoms in total. The topological polar surface area (TPSA) is 72.1 Å². The Bertz CT molecular complexity index is 489. The molecule has 1 fully saturated rings. The molecule has 0 spiro atoms. The molecule has 5 heteroatoms. The molecule has 1 heterocycles. The van der Waals surface area contributed by atoms with E-state index in [0.29, 0.717) is 24.4 Å². The predicted molar refractivity (Wildman–Crippen MR) is 78.4 cm³/mol. The molecule has 0 saturated heterocycles. The first kappa shape index (κ1) is 14.9. The van der Waals surface area contributed by atoms with Gasteiger partial charge in [0.25, 0.3) is 5.91 Å². The van der Waals surface area contributed by atoms with Gasteiger partial charge in [0.2, 0.25) is 0 Å². The lowest BCUT2D eigenvalue weighted by Crippen LogP contribution is -2.42. The van der Waals surface area contributed by atoms with Crippen LogP contribution in [0.3, 0.4) is 0 Å². The molecule has 0 bridgehead atoms. The van der Waals surface area contributed by atoms with Gasteiger partial charge < -0.3 is 10.6 Å². The van der Waals surface area contributed by atoms with E-state index in [2.05, 4.69) is 10.2 Å². The van der Waals surface area contributed by atoms with Crippen LogP contribution in [-0.4, -0.2) is 40.6 Å². The van der Waals surface area contributed by atoms with Crippen molar-refractivity contribution < 1.29 is 4.79 Å². The third kappa shape index (κ3) is 2.82. The SMILES string of the molecule is CCc1nnc(C)cc1C(=O)N(C)C1CCCC1CN. The molecule has 0 aromatic carbocycles. The average molecular weight is 276 g/mol. The van der Waals surface area contributed by atoms with Gasteiger partial charge in [-0.25, -0.2) is 0 Å². The lowest BCUT2D eigenvalue weighted by molar-refractivity contribution is 0.0698. The number of aryl methyl sites for hydroxylation is 2. The van der Waals surface area contributed by atoms with Gasteiger partial charge in [0.1, 0.15) is 0 Å². The zero-order valence-corrected chi connectivity index (χ0v) is 12.6. The molecule has 110 valence electrons. The number of hydrogen-bond donors (Lipinski definition) is 1. The quantitative estimate of drug-likeness (QED) is 0.905. The molecule has 2 N–H and O–H groups in total. The molecule has 0 aliphatic heterocycles. The summed E-state index contributed by atoms with van der Waals surface area (Å²) in [5.41, 5.74) is 8.06. The highest BCUT2D eigenvalue weighted by Crippen LogP contribution is 2.29. The molecular formula is C15H24N4O. The first-order valence-electron chi connectivity index (χ1n) is 7.38. The molecule has 1 aromatic rings. The van der Waals surface area contributed by atoms with Gasteiger partial charge in [0.15, 0.2) is 0 Å². The van der Waals surface area contributed by atoms with E-state index in [1.54, 1.807) is 0 Å². The van der Waals surface area contributed by atoms with Gasteiger partial charge in [-0.05, 0) is 44.7 Å². The van der Waals surface area contributed by atoms with Crippen molar-refractivity contribution in [3.63, 3.8) is 0 Å². The molecule has 0 radical (unpaired) electrons. The van der Waals surface area contributed by atoms with E-state index in [-0.39, 0.29) is 11.9 Å². The highest BCUT2D eigenvalue weighted by molar-refractivity contribution is 5.95. The van der Waals surface area contributed by atoms with Crippen molar-refractivity contribution in [3.05, 3.63) is 23.0 Å². The normalized spacial score (nSPS) is 22.0. The number of carbonyl (C=O) groups is 1. The van der Waals surface area contributed by atoms with Crippen molar-refractivity contribution in [1.82, 2.24) is 15.1 Å². The summed E-state index contributed by atoms with van der Waals surface area (Å²) in [5, 5.41) is 8.18. The summed E-state index contributed by atoms with van der Waals surface area (Å²) in [5.74, 6) is 0.468. The van der Waals surface area contributed by atoms with Crippen LogP contribution in [0.5, 0.6) is 0 Å². The maximum absolute atomic E-state index is 12.7. The predicted octanol–water partition coefficient (Wildman–Crippen LogP) is 1.55. The number of nitrogens with two attached hydrogens (primary N) is 1. The number of nitrogens with zero attached hydrogens (tertiary/aromatic N) is 3. The number of carbonyl (C=O) groups excluding carboxylic acids is 1. The van der Waals surface area contributed by atoms with Gasteiger partial charge in [-0.3, -0.25) is 4.79 Å². The van der Waals surface area contributed by atoms with E-state index in [1.165, 1.54) is 0 Å². The Labute approximate surface area is 120 Å². The summed E-state index contributed by atoms with van der Waals surface area (Å²) >= 11 is 0. The largest absolute Gasteiger partial charge is 0.338 e. The molecule has 2 atom stereocenters. The molecular weight excluding hydrogens is 252 g/mol. The van der Waals surface area contributed by atoms with E-state index in [9.17, 15) is 4.79 Å². The molecule has 1 aromatic heterocycles. The summed E-state index contributed by atoms with van der Waals surface area (Å²) < 4.78 is 0. The maximum atomic E-state index is 12.7. The van der Waals surface area contributed by atoms with Crippen molar-refractivity contribution in [2.75, 3.05) is 13.6 Å². The van der Waals surface area contributed by atoms with Crippen molar-refractivity contribution in [1.29, 1.82) is 0 Å². The molecule has 1 amide bonds. The van der Waals surface area contributed by atoms with Crippen LogP contribution < -0.4 is 5.73 Å². The minimum Gasteiger partial charge on any atom is -0.338 e. The zero-order chi connectivity index (χ0) is 14.7. The number of hydrogen-bond acceptors (Lipinski definition) is 4. The van der Waals surface area contributed by atoms with Crippen LogP contribution >= 0.6 is 0 Å². The van der Waals surface area contributed by atoms with Crippen LogP contribution in [-0.2, 0) is 6.42 Å². The monoisotopic (exact) mass is 276 g/mol. The third-order valence-corrected chi connectivity index (χ3v) is 4.30. The molecule has 2 unspecified atom stereocenters. The lowest BCUT2D eigenvalue weighted by Gasteiger charge is -2.29. The Morgan fingerprint density at radius 1 is 1.45 bits per heavy atom. The van der Waals surface area contributed by atoms with E-state index in [0.717, 1.165) is 30.7 Å². The fourth-order valence-electron chi connectivity index (χ4n) is 3.10. The van der Waals surface area contributed by atoms with E-state index in [4.69, 9.17) is 5.73 Å². The van der Waals surface area contributed by atoms with Crippen LogP contribution in [0.2, 0.25) is 0 Å². The van der Waals surface area contributed by atoms with Gasteiger partial charge in [0.05, 0.1) is 17.0 Å². The Kier molecular flexibility index (Phi) is 4.70. The van der Waals surface area contributed by atoms with Crippen LogP contribution in [0, 0.1) is 12.8 Å². The average Bonchev–Trinajstić information content (AvgIpc) is 2.94. The lowest BCUT2D eigenvalue weighted by atomic mass is 10.0. The van der Waals surface area contributed by atoms with Crippen molar-refractivity contribution in [2.45, 2.75) is 45.6 Å². The molecule has 2 rings (SSSR count). The van der Waals surface area contributed by atoms with Crippen LogP contribution in [0.1, 0.15) is 47.9 Å². The number of rotatable bonds is 4. The molecule has 1 saturated carbocycles. The second-order valence-electron chi connectivity index (χ2n) is 5.61. The summed E-state index contributed by atoms with van der Waals surface area (Å²) in [6.45, 7) is 4.51. The van der Waals surface area contributed by atoms with Gasteiger partial charge in [-0.15, -0.1) is 0 Å². The number of aromatic nitrogens is 2. The minimum atomic E-state index is 0.0465. The first-order valence-corrected chi connectivity index (χ1v) is 7.38. The highest BCUT2D eigenvalue weighted by atomic mass is 16.2. The van der Waals surface area contributed by atoms with Crippen LogP contribution in [0.25, 0.3) is 0 Å². The van der Waals surface area contributed by atoms with Gasteiger partial charge >= 0.3 is 0 Å². The van der Waals surface area contributed by atoms with Crippen molar-refractivity contribution in [2.24, 2.45) is 11.7 Å². The Morgan fingerprint density at radius 3 is 2.85 bits per heavy atom. The molecule has 20 heavy (non-hydrogen) atoms. The summed E-state index contributed by atoms with van der Waals surface area (Å²) in [7, 11) is 1.89. The summed E-state index contributed by atoms with van der Waals surface area (Å²) in [6, 6.07) is 2.10. The second-order valence-corrected chi connectivity index (χ2v) is 5.61.